The number of fused-ring (bicyclic) bond motifs is 1. The van der Waals surface area contributed by atoms with Crippen LogP contribution in [0.25, 0.3) is 0 Å². The van der Waals surface area contributed by atoms with Gasteiger partial charge in [0.15, 0.2) is 0 Å². The number of carbonyl (C=O) groups is 1. The average Bonchev–Trinajstić information content (AvgIpc) is 2.55. The second-order valence-corrected chi connectivity index (χ2v) is 5.73. The summed E-state index contributed by atoms with van der Waals surface area (Å²) in [7, 11) is 0. The minimum atomic E-state index is -0.462. The maximum atomic E-state index is 12.0. The normalized spacial score (nSPS) is 18.4. The summed E-state index contributed by atoms with van der Waals surface area (Å²) in [6.45, 7) is 10.1. The predicted octanol–water partition coefficient (Wildman–Crippen LogP) is 2.94. The molecule has 1 aliphatic heterocycles. The largest absolute Gasteiger partial charge is 0.325 e. The highest BCUT2D eigenvalue weighted by Gasteiger charge is 2.40. The van der Waals surface area contributed by atoms with Gasteiger partial charge in [-0.2, -0.15) is 0 Å². The average molecular weight is 246 g/mol. The zero-order valence-electron chi connectivity index (χ0n) is 11.8. The Balaban J connectivity index is 2.69. The molecule has 18 heavy (non-hydrogen) atoms. The van der Waals surface area contributed by atoms with E-state index in [2.05, 4.69) is 32.2 Å². The molecule has 1 aromatic rings. The molecule has 2 rings (SSSR count). The van der Waals surface area contributed by atoms with E-state index in [1.54, 1.807) is 0 Å². The fourth-order valence-electron chi connectivity index (χ4n) is 2.59. The number of amides is 1. The number of nitrogens with one attached hydrogen (secondary N) is 1. The molecular weight excluding hydrogens is 224 g/mol. The summed E-state index contributed by atoms with van der Waals surface area (Å²) in [5.41, 5.74) is 11.3. The molecule has 1 aromatic carbocycles. The van der Waals surface area contributed by atoms with Crippen molar-refractivity contribution in [3.8, 4) is 0 Å². The molecule has 0 spiro atoms. The molecule has 1 amide bonds. The number of nitrogens with two attached hydrogens (primary N) is 1. The Hall–Kier alpha value is -1.35. The number of hydrogen-bond acceptors (Lipinski definition) is 2. The van der Waals surface area contributed by atoms with Crippen LogP contribution in [0.15, 0.2) is 6.07 Å². The van der Waals surface area contributed by atoms with Crippen molar-refractivity contribution in [1.29, 1.82) is 0 Å². The van der Waals surface area contributed by atoms with Gasteiger partial charge >= 0.3 is 0 Å². The fourth-order valence-corrected chi connectivity index (χ4v) is 2.59. The summed E-state index contributed by atoms with van der Waals surface area (Å²) in [4.78, 5) is 12.0. The first-order valence-electron chi connectivity index (χ1n) is 6.52. The molecule has 1 aliphatic rings. The van der Waals surface area contributed by atoms with Crippen LogP contribution in [0.1, 0.15) is 55.5 Å². The van der Waals surface area contributed by atoms with E-state index in [9.17, 15) is 4.79 Å². The van der Waals surface area contributed by atoms with Gasteiger partial charge in [0.25, 0.3) is 0 Å². The first-order valence-corrected chi connectivity index (χ1v) is 6.52. The van der Waals surface area contributed by atoms with Crippen molar-refractivity contribution in [3.63, 3.8) is 0 Å². The van der Waals surface area contributed by atoms with Gasteiger partial charge in [0, 0.05) is 11.7 Å². The van der Waals surface area contributed by atoms with Crippen LogP contribution in [-0.4, -0.2) is 5.91 Å². The molecule has 0 saturated carbocycles. The molecule has 0 saturated heterocycles. The highest BCUT2D eigenvalue weighted by molar-refractivity contribution is 6.06. The monoisotopic (exact) mass is 246 g/mol. The van der Waals surface area contributed by atoms with Gasteiger partial charge in [0.1, 0.15) is 0 Å². The van der Waals surface area contributed by atoms with Gasteiger partial charge in [-0.1, -0.05) is 13.0 Å². The van der Waals surface area contributed by atoms with E-state index in [-0.39, 0.29) is 11.9 Å². The third kappa shape index (κ3) is 1.65. The van der Waals surface area contributed by atoms with Crippen molar-refractivity contribution in [3.05, 3.63) is 28.3 Å². The summed E-state index contributed by atoms with van der Waals surface area (Å²) < 4.78 is 0. The molecule has 0 bridgehead atoms. The molecule has 98 valence electrons. The first kappa shape index (κ1) is 13.1. The van der Waals surface area contributed by atoms with Gasteiger partial charge < -0.3 is 11.1 Å². The SMILES string of the molecule is CCC(N)c1cc2c(c(C)c1C)NC(=O)C2(C)C. The van der Waals surface area contributed by atoms with Crippen molar-refractivity contribution in [2.45, 2.75) is 52.5 Å². The summed E-state index contributed by atoms with van der Waals surface area (Å²) in [5, 5.41) is 3.00. The second-order valence-electron chi connectivity index (χ2n) is 5.73. The lowest BCUT2D eigenvalue weighted by Crippen LogP contribution is -2.27. The second kappa shape index (κ2) is 4.09. The minimum Gasteiger partial charge on any atom is -0.325 e. The summed E-state index contributed by atoms with van der Waals surface area (Å²) in [6, 6.07) is 2.16. The molecule has 3 nitrogen and oxygen atoms in total. The van der Waals surface area contributed by atoms with E-state index in [1.807, 2.05) is 13.8 Å². The number of hydrogen-bond donors (Lipinski definition) is 2. The molecule has 1 atom stereocenters. The van der Waals surface area contributed by atoms with E-state index in [1.165, 1.54) is 11.1 Å². The van der Waals surface area contributed by atoms with Crippen LogP contribution in [0.5, 0.6) is 0 Å². The number of carbonyl (C=O) groups excluding carboxylic acids is 1. The van der Waals surface area contributed by atoms with Gasteiger partial charge in [-0.25, -0.2) is 0 Å². The number of anilines is 1. The van der Waals surface area contributed by atoms with E-state index >= 15 is 0 Å². The molecule has 0 aliphatic carbocycles. The van der Waals surface area contributed by atoms with E-state index in [0.29, 0.717) is 0 Å². The lowest BCUT2D eigenvalue weighted by atomic mass is 9.82. The number of benzene rings is 1. The van der Waals surface area contributed by atoms with Crippen LogP contribution in [0.4, 0.5) is 5.69 Å². The van der Waals surface area contributed by atoms with Crippen LogP contribution in [-0.2, 0) is 10.2 Å². The van der Waals surface area contributed by atoms with E-state index < -0.39 is 5.41 Å². The predicted molar refractivity (Wildman–Crippen MR) is 74.8 cm³/mol. The van der Waals surface area contributed by atoms with Gasteiger partial charge in [-0.3, -0.25) is 4.79 Å². The van der Waals surface area contributed by atoms with Crippen LogP contribution < -0.4 is 11.1 Å². The zero-order valence-corrected chi connectivity index (χ0v) is 11.8. The smallest absolute Gasteiger partial charge is 0.234 e. The van der Waals surface area contributed by atoms with Crippen molar-refractivity contribution in [2.75, 3.05) is 5.32 Å². The Morgan fingerprint density at radius 1 is 1.33 bits per heavy atom. The number of rotatable bonds is 2. The van der Waals surface area contributed by atoms with Crippen LogP contribution in [0, 0.1) is 13.8 Å². The highest BCUT2D eigenvalue weighted by Crippen LogP contribution is 2.42. The lowest BCUT2D eigenvalue weighted by Gasteiger charge is -2.21. The van der Waals surface area contributed by atoms with Gasteiger partial charge in [-0.05, 0) is 56.4 Å². The summed E-state index contributed by atoms with van der Waals surface area (Å²) in [5.74, 6) is 0.0715. The third-order valence-electron chi connectivity index (χ3n) is 4.26. The van der Waals surface area contributed by atoms with Gasteiger partial charge in [-0.15, -0.1) is 0 Å². The van der Waals surface area contributed by atoms with Crippen LogP contribution in [0.3, 0.4) is 0 Å². The van der Waals surface area contributed by atoms with Crippen molar-refractivity contribution >= 4 is 11.6 Å². The standard InChI is InChI=1S/C15H22N2O/c1-6-12(16)10-7-11-13(9(3)8(10)2)17-14(18)15(11,4)5/h7,12H,6,16H2,1-5H3,(H,17,18). The molecule has 1 unspecified atom stereocenters. The first-order chi connectivity index (χ1) is 8.30. The molecule has 3 N–H and O–H groups in total. The Morgan fingerprint density at radius 3 is 2.50 bits per heavy atom. The molecule has 0 aromatic heterocycles. The minimum absolute atomic E-state index is 0.0421. The van der Waals surface area contributed by atoms with Gasteiger partial charge in [0.2, 0.25) is 5.91 Å². The van der Waals surface area contributed by atoms with Crippen LogP contribution in [0.2, 0.25) is 0 Å². The molecule has 3 heteroatoms. The Labute approximate surface area is 109 Å². The van der Waals surface area contributed by atoms with E-state index in [4.69, 9.17) is 5.73 Å². The van der Waals surface area contributed by atoms with Gasteiger partial charge in [0.05, 0.1) is 5.41 Å². The maximum Gasteiger partial charge on any atom is 0.234 e. The molecular formula is C15H22N2O. The lowest BCUT2D eigenvalue weighted by molar-refractivity contribution is -0.119. The van der Waals surface area contributed by atoms with E-state index in [0.717, 1.165) is 23.2 Å². The Morgan fingerprint density at radius 2 is 1.94 bits per heavy atom. The van der Waals surface area contributed by atoms with Crippen LogP contribution >= 0.6 is 0 Å². The molecule has 0 radical (unpaired) electrons. The maximum absolute atomic E-state index is 12.0. The zero-order chi connectivity index (χ0) is 13.7. The molecule has 0 fully saturated rings. The quantitative estimate of drug-likeness (QED) is 0.843. The highest BCUT2D eigenvalue weighted by atomic mass is 16.2. The Bertz CT molecular complexity index is 518. The third-order valence-corrected chi connectivity index (χ3v) is 4.26. The van der Waals surface area contributed by atoms with Crippen molar-refractivity contribution in [1.82, 2.24) is 0 Å². The fraction of sp³-hybridized carbons (Fsp3) is 0.533. The summed E-state index contributed by atoms with van der Waals surface area (Å²) >= 11 is 0. The summed E-state index contributed by atoms with van der Waals surface area (Å²) in [6.07, 6.45) is 0.904. The van der Waals surface area contributed by atoms with Crippen molar-refractivity contribution < 1.29 is 4.79 Å². The Kier molecular flexibility index (Phi) is 2.98. The topological polar surface area (TPSA) is 55.1 Å². The molecule has 1 heterocycles. The van der Waals surface area contributed by atoms with Crippen molar-refractivity contribution in [2.24, 2.45) is 5.73 Å².